The van der Waals surface area contributed by atoms with Crippen LogP contribution >= 0.6 is 11.5 Å². The molecule has 0 unspecified atom stereocenters. The molecule has 0 atom stereocenters. The van der Waals surface area contributed by atoms with Crippen LogP contribution in [0.1, 0.15) is 46.4 Å². The maximum atomic E-state index is 4.43. The van der Waals surface area contributed by atoms with Gasteiger partial charge in [0.05, 0.1) is 0 Å². The zero-order valence-corrected chi connectivity index (χ0v) is 10.2. The minimum atomic E-state index is 0.0710. The SMILES string of the molecule is CCCCc1nsc(NC(C)(C)C)n1. The lowest BCUT2D eigenvalue weighted by Crippen LogP contribution is -2.25. The van der Waals surface area contributed by atoms with Crippen LogP contribution in [-0.2, 0) is 6.42 Å². The fourth-order valence-corrected chi connectivity index (χ4v) is 1.88. The Kier molecular flexibility index (Phi) is 3.86. The highest BCUT2D eigenvalue weighted by Crippen LogP contribution is 2.17. The first kappa shape index (κ1) is 11.4. The van der Waals surface area contributed by atoms with Gasteiger partial charge in [-0.25, -0.2) is 4.98 Å². The molecule has 0 saturated heterocycles. The Bertz CT molecular complexity index is 275. The van der Waals surface area contributed by atoms with Gasteiger partial charge in [-0.3, -0.25) is 0 Å². The van der Waals surface area contributed by atoms with Crippen molar-refractivity contribution in [1.82, 2.24) is 9.36 Å². The van der Waals surface area contributed by atoms with E-state index >= 15 is 0 Å². The number of aryl methyl sites for hydroxylation is 1. The van der Waals surface area contributed by atoms with Crippen LogP contribution in [0.3, 0.4) is 0 Å². The van der Waals surface area contributed by atoms with Crippen molar-refractivity contribution in [3.05, 3.63) is 5.82 Å². The third kappa shape index (κ3) is 4.05. The number of nitrogens with one attached hydrogen (secondary N) is 1. The molecule has 80 valence electrons. The molecule has 0 fully saturated rings. The fourth-order valence-electron chi connectivity index (χ4n) is 1.06. The maximum Gasteiger partial charge on any atom is 0.202 e. The first-order valence-corrected chi connectivity index (χ1v) is 5.89. The molecule has 0 spiro atoms. The number of hydrogen-bond donors (Lipinski definition) is 1. The van der Waals surface area contributed by atoms with Gasteiger partial charge >= 0.3 is 0 Å². The molecule has 1 heterocycles. The zero-order chi connectivity index (χ0) is 10.6. The van der Waals surface area contributed by atoms with Crippen molar-refractivity contribution < 1.29 is 0 Å². The van der Waals surface area contributed by atoms with Crippen molar-refractivity contribution in [1.29, 1.82) is 0 Å². The molecule has 0 aliphatic rings. The van der Waals surface area contributed by atoms with E-state index in [1.165, 1.54) is 24.4 Å². The summed E-state index contributed by atoms with van der Waals surface area (Å²) >= 11 is 1.45. The maximum absolute atomic E-state index is 4.43. The van der Waals surface area contributed by atoms with E-state index in [-0.39, 0.29) is 5.54 Å². The number of anilines is 1. The molecule has 1 aromatic heterocycles. The molecule has 0 aromatic carbocycles. The van der Waals surface area contributed by atoms with Gasteiger partial charge in [0.15, 0.2) is 0 Å². The Morgan fingerprint density at radius 1 is 1.36 bits per heavy atom. The Morgan fingerprint density at radius 3 is 2.64 bits per heavy atom. The highest BCUT2D eigenvalue weighted by molar-refractivity contribution is 7.09. The largest absolute Gasteiger partial charge is 0.356 e. The topological polar surface area (TPSA) is 37.8 Å². The van der Waals surface area contributed by atoms with Gasteiger partial charge in [0.2, 0.25) is 5.13 Å². The van der Waals surface area contributed by atoms with Crippen molar-refractivity contribution in [2.24, 2.45) is 0 Å². The van der Waals surface area contributed by atoms with Crippen LogP contribution in [0.4, 0.5) is 5.13 Å². The first-order chi connectivity index (χ1) is 6.51. The van der Waals surface area contributed by atoms with E-state index in [1.807, 2.05) is 0 Å². The van der Waals surface area contributed by atoms with E-state index in [2.05, 4.69) is 42.4 Å². The molecule has 0 bridgehead atoms. The van der Waals surface area contributed by atoms with Gasteiger partial charge in [-0.1, -0.05) is 13.3 Å². The van der Waals surface area contributed by atoms with E-state index in [0.717, 1.165) is 17.4 Å². The summed E-state index contributed by atoms with van der Waals surface area (Å²) in [5.41, 5.74) is 0.0710. The summed E-state index contributed by atoms with van der Waals surface area (Å²) < 4.78 is 4.31. The molecular weight excluding hydrogens is 194 g/mol. The Hall–Kier alpha value is -0.640. The van der Waals surface area contributed by atoms with Gasteiger partial charge in [0, 0.05) is 23.5 Å². The number of unbranched alkanes of at least 4 members (excludes halogenated alkanes) is 1. The standard InChI is InChI=1S/C10H19N3S/c1-5-6-7-8-11-9(14-13-8)12-10(2,3)4/h5-7H2,1-4H3,(H,11,12,13). The Morgan fingerprint density at radius 2 is 2.07 bits per heavy atom. The van der Waals surface area contributed by atoms with E-state index in [9.17, 15) is 0 Å². The highest BCUT2D eigenvalue weighted by atomic mass is 32.1. The van der Waals surface area contributed by atoms with E-state index in [4.69, 9.17) is 0 Å². The summed E-state index contributed by atoms with van der Waals surface area (Å²) in [6.45, 7) is 8.56. The van der Waals surface area contributed by atoms with Crippen molar-refractivity contribution in [3.63, 3.8) is 0 Å². The second-order valence-corrected chi connectivity index (χ2v) is 5.25. The predicted molar refractivity (Wildman–Crippen MR) is 61.9 cm³/mol. The number of aromatic nitrogens is 2. The van der Waals surface area contributed by atoms with E-state index < -0.39 is 0 Å². The fraction of sp³-hybridized carbons (Fsp3) is 0.800. The van der Waals surface area contributed by atoms with Gasteiger partial charge in [0.25, 0.3) is 0 Å². The normalized spacial score (nSPS) is 11.7. The molecule has 0 saturated carbocycles. The average Bonchev–Trinajstić information content (AvgIpc) is 2.46. The first-order valence-electron chi connectivity index (χ1n) is 5.12. The van der Waals surface area contributed by atoms with Crippen LogP contribution in [-0.4, -0.2) is 14.9 Å². The van der Waals surface area contributed by atoms with Crippen LogP contribution in [0.2, 0.25) is 0 Å². The Balaban J connectivity index is 2.51. The van der Waals surface area contributed by atoms with Gasteiger partial charge in [-0.15, -0.1) is 0 Å². The van der Waals surface area contributed by atoms with Gasteiger partial charge in [0.1, 0.15) is 5.82 Å². The monoisotopic (exact) mass is 213 g/mol. The molecule has 1 N–H and O–H groups in total. The van der Waals surface area contributed by atoms with Crippen molar-refractivity contribution in [2.75, 3.05) is 5.32 Å². The summed E-state index contributed by atoms with van der Waals surface area (Å²) in [6.07, 6.45) is 3.37. The zero-order valence-electron chi connectivity index (χ0n) is 9.42. The molecule has 1 aromatic rings. The lowest BCUT2D eigenvalue weighted by atomic mass is 10.1. The molecule has 0 amide bonds. The molecule has 3 nitrogen and oxygen atoms in total. The lowest BCUT2D eigenvalue weighted by Gasteiger charge is -2.18. The summed E-state index contributed by atoms with van der Waals surface area (Å²) in [5.74, 6) is 0.976. The predicted octanol–water partition coefficient (Wildman–Crippen LogP) is 3.09. The number of hydrogen-bond acceptors (Lipinski definition) is 4. The van der Waals surface area contributed by atoms with Gasteiger partial charge in [-0.2, -0.15) is 4.37 Å². The van der Waals surface area contributed by atoms with Crippen LogP contribution in [0.5, 0.6) is 0 Å². The van der Waals surface area contributed by atoms with Crippen molar-refractivity contribution >= 4 is 16.7 Å². The van der Waals surface area contributed by atoms with Gasteiger partial charge in [-0.05, 0) is 27.2 Å². The van der Waals surface area contributed by atoms with E-state index in [0.29, 0.717) is 0 Å². The average molecular weight is 213 g/mol. The van der Waals surface area contributed by atoms with Crippen molar-refractivity contribution in [2.45, 2.75) is 52.5 Å². The lowest BCUT2D eigenvalue weighted by molar-refractivity contribution is 0.632. The molecule has 4 heteroatoms. The minimum Gasteiger partial charge on any atom is -0.356 e. The second-order valence-electron chi connectivity index (χ2n) is 4.49. The van der Waals surface area contributed by atoms with Crippen LogP contribution in [0.25, 0.3) is 0 Å². The van der Waals surface area contributed by atoms with Gasteiger partial charge < -0.3 is 5.32 Å². The Labute approximate surface area is 90.1 Å². The number of nitrogens with zero attached hydrogens (tertiary/aromatic N) is 2. The smallest absolute Gasteiger partial charge is 0.202 e. The molecule has 14 heavy (non-hydrogen) atoms. The van der Waals surface area contributed by atoms with Crippen LogP contribution in [0.15, 0.2) is 0 Å². The van der Waals surface area contributed by atoms with E-state index in [1.54, 1.807) is 0 Å². The summed E-state index contributed by atoms with van der Waals surface area (Å²) in [4.78, 5) is 4.43. The quantitative estimate of drug-likeness (QED) is 0.835. The minimum absolute atomic E-state index is 0.0710. The summed E-state index contributed by atoms with van der Waals surface area (Å²) in [5, 5.41) is 4.26. The summed E-state index contributed by atoms with van der Waals surface area (Å²) in [7, 11) is 0. The third-order valence-corrected chi connectivity index (χ3v) is 2.37. The summed E-state index contributed by atoms with van der Waals surface area (Å²) in [6, 6.07) is 0. The molecule has 1 rings (SSSR count). The molecule has 0 aliphatic heterocycles. The van der Waals surface area contributed by atoms with Crippen molar-refractivity contribution in [3.8, 4) is 0 Å². The number of rotatable bonds is 4. The van der Waals surface area contributed by atoms with Crippen LogP contribution in [0, 0.1) is 0 Å². The van der Waals surface area contributed by atoms with Crippen LogP contribution < -0.4 is 5.32 Å². The molecule has 0 aliphatic carbocycles. The third-order valence-electron chi connectivity index (χ3n) is 1.70. The molecular formula is C10H19N3S. The molecule has 0 radical (unpaired) electrons. The second kappa shape index (κ2) is 4.73. The highest BCUT2D eigenvalue weighted by Gasteiger charge is 2.12.